The van der Waals surface area contributed by atoms with Gasteiger partial charge in [-0.3, -0.25) is 10.5 Å². The number of aryl methyl sites for hydroxylation is 1. The van der Waals surface area contributed by atoms with Crippen LogP contribution in [0.4, 0.5) is 0 Å². The molecule has 0 aromatic carbocycles. The number of hydrogen-bond donors (Lipinski definition) is 2. The van der Waals surface area contributed by atoms with Gasteiger partial charge in [-0.15, -0.1) is 0 Å². The lowest BCUT2D eigenvalue weighted by molar-refractivity contribution is 0.541. The summed E-state index contributed by atoms with van der Waals surface area (Å²) in [6.07, 6.45) is 11.8. The highest BCUT2D eigenvalue weighted by Gasteiger charge is 2.17. The zero-order valence-corrected chi connectivity index (χ0v) is 10.5. The molecule has 1 unspecified atom stereocenters. The van der Waals surface area contributed by atoms with Crippen molar-refractivity contribution < 1.29 is 0 Å². The number of rotatable bonds is 3. The molecule has 0 saturated carbocycles. The molecule has 1 aliphatic carbocycles. The van der Waals surface area contributed by atoms with Crippen LogP contribution < -0.4 is 11.3 Å². The van der Waals surface area contributed by atoms with E-state index in [1.54, 1.807) is 0 Å². The second-order valence-electron chi connectivity index (χ2n) is 4.75. The zero-order chi connectivity index (χ0) is 12.1. The van der Waals surface area contributed by atoms with E-state index in [0.717, 1.165) is 12.1 Å². The molecular weight excluding hydrogens is 212 g/mol. The third-order valence-corrected chi connectivity index (χ3v) is 3.39. The Hall–Kier alpha value is -1.13. The topological polar surface area (TPSA) is 55.9 Å². The van der Waals surface area contributed by atoms with Crippen LogP contribution in [0.15, 0.2) is 23.9 Å². The molecule has 4 nitrogen and oxygen atoms in total. The summed E-state index contributed by atoms with van der Waals surface area (Å²) < 4.78 is 1.82. The van der Waals surface area contributed by atoms with Gasteiger partial charge in [-0.1, -0.05) is 18.9 Å². The van der Waals surface area contributed by atoms with Gasteiger partial charge in [-0.25, -0.2) is 5.43 Å². The largest absolute Gasteiger partial charge is 0.275 e. The summed E-state index contributed by atoms with van der Waals surface area (Å²) in [4.78, 5) is 0. The molecule has 3 N–H and O–H groups in total. The molecule has 1 aromatic rings. The van der Waals surface area contributed by atoms with Crippen LogP contribution in [0.5, 0.6) is 0 Å². The Labute approximate surface area is 103 Å². The van der Waals surface area contributed by atoms with Gasteiger partial charge in [0.15, 0.2) is 0 Å². The number of hydrogen-bond acceptors (Lipinski definition) is 3. The molecule has 0 amide bonds. The lowest BCUT2D eigenvalue weighted by Gasteiger charge is -2.19. The van der Waals surface area contributed by atoms with Gasteiger partial charge < -0.3 is 0 Å². The first-order chi connectivity index (χ1) is 8.31. The molecule has 0 aliphatic heterocycles. The Bertz CT molecular complexity index is 381. The third kappa shape index (κ3) is 3.17. The van der Waals surface area contributed by atoms with Gasteiger partial charge >= 0.3 is 0 Å². The van der Waals surface area contributed by atoms with Crippen LogP contribution in [0.3, 0.4) is 0 Å². The van der Waals surface area contributed by atoms with E-state index in [4.69, 9.17) is 5.84 Å². The molecule has 1 heterocycles. The second-order valence-corrected chi connectivity index (χ2v) is 4.75. The average Bonchev–Trinajstić information content (AvgIpc) is 2.68. The molecular formula is C13H22N4. The summed E-state index contributed by atoms with van der Waals surface area (Å²) >= 11 is 0. The van der Waals surface area contributed by atoms with Crippen molar-refractivity contribution >= 4 is 0 Å². The molecule has 1 atom stereocenters. The minimum atomic E-state index is 0.0781. The van der Waals surface area contributed by atoms with Crippen molar-refractivity contribution in [3.05, 3.63) is 29.6 Å². The summed E-state index contributed by atoms with van der Waals surface area (Å²) in [7, 11) is 1.93. The molecule has 17 heavy (non-hydrogen) atoms. The highest BCUT2D eigenvalue weighted by atomic mass is 15.3. The van der Waals surface area contributed by atoms with E-state index in [1.165, 1.54) is 37.7 Å². The molecule has 0 bridgehead atoms. The normalized spacial score (nSPS) is 22.4. The van der Waals surface area contributed by atoms with Crippen molar-refractivity contribution in [3.8, 4) is 0 Å². The van der Waals surface area contributed by atoms with Crippen molar-refractivity contribution in [2.45, 2.75) is 44.6 Å². The van der Waals surface area contributed by atoms with Crippen LogP contribution >= 0.6 is 0 Å². The fraction of sp³-hybridized carbons (Fsp3) is 0.615. The lowest BCUT2D eigenvalue weighted by atomic mass is 9.94. The van der Waals surface area contributed by atoms with Gasteiger partial charge in [-0.2, -0.15) is 5.10 Å². The maximum Gasteiger partial charge on any atom is 0.0860 e. The monoisotopic (exact) mass is 234 g/mol. The predicted molar refractivity (Wildman–Crippen MR) is 69.1 cm³/mol. The highest BCUT2D eigenvalue weighted by Crippen LogP contribution is 2.27. The number of nitrogens with one attached hydrogen (secondary N) is 1. The molecule has 0 radical (unpaired) electrons. The zero-order valence-electron chi connectivity index (χ0n) is 10.5. The maximum absolute atomic E-state index is 5.69. The van der Waals surface area contributed by atoms with Gasteiger partial charge in [0.25, 0.3) is 0 Å². The van der Waals surface area contributed by atoms with Gasteiger partial charge in [0, 0.05) is 13.2 Å². The first-order valence-corrected chi connectivity index (χ1v) is 6.46. The van der Waals surface area contributed by atoms with Crippen LogP contribution in [0.1, 0.15) is 50.3 Å². The van der Waals surface area contributed by atoms with E-state index in [1.807, 2.05) is 24.0 Å². The SMILES string of the molecule is Cn1ccc(C(NN)/C2=C/CCCCCC2)n1. The van der Waals surface area contributed by atoms with Gasteiger partial charge in [0.05, 0.1) is 11.7 Å². The second kappa shape index (κ2) is 5.98. The lowest BCUT2D eigenvalue weighted by Crippen LogP contribution is -2.30. The quantitative estimate of drug-likeness (QED) is 0.479. The van der Waals surface area contributed by atoms with E-state index in [9.17, 15) is 0 Å². The Balaban J connectivity index is 2.16. The van der Waals surface area contributed by atoms with E-state index < -0.39 is 0 Å². The maximum atomic E-state index is 5.69. The van der Waals surface area contributed by atoms with E-state index in [2.05, 4.69) is 16.6 Å². The summed E-state index contributed by atoms with van der Waals surface area (Å²) in [6.45, 7) is 0. The summed E-state index contributed by atoms with van der Waals surface area (Å²) in [6, 6.07) is 2.11. The Morgan fingerprint density at radius 2 is 2.18 bits per heavy atom. The fourth-order valence-electron chi connectivity index (χ4n) is 2.45. The van der Waals surface area contributed by atoms with E-state index in [0.29, 0.717) is 0 Å². The van der Waals surface area contributed by atoms with Crippen LogP contribution in [-0.2, 0) is 7.05 Å². The molecule has 94 valence electrons. The number of aromatic nitrogens is 2. The number of nitrogens with zero attached hydrogens (tertiary/aromatic N) is 2. The minimum absolute atomic E-state index is 0.0781. The molecule has 2 rings (SSSR count). The highest BCUT2D eigenvalue weighted by molar-refractivity contribution is 5.21. The van der Waals surface area contributed by atoms with E-state index >= 15 is 0 Å². The smallest absolute Gasteiger partial charge is 0.0860 e. The Kier molecular flexibility index (Phi) is 4.34. The Morgan fingerprint density at radius 3 is 2.88 bits per heavy atom. The van der Waals surface area contributed by atoms with Crippen molar-refractivity contribution in [2.75, 3.05) is 0 Å². The van der Waals surface area contributed by atoms with E-state index in [-0.39, 0.29) is 6.04 Å². The minimum Gasteiger partial charge on any atom is -0.275 e. The number of hydrazine groups is 1. The molecule has 1 aliphatic rings. The standard InChI is InChI=1S/C13H22N4/c1-17-10-9-12(16-17)13(15-14)11-7-5-3-2-4-6-8-11/h7,9-10,13,15H,2-6,8,14H2,1H3/b11-7+. The molecule has 0 saturated heterocycles. The van der Waals surface area contributed by atoms with Crippen LogP contribution in [0, 0.1) is 0 Å². The predicted octanol–water partition coefficient (Wildman–Crippen LogP) is 2.21. The number of allylic oxidation sites excluding steroid dienone is 1. The van der Waals surface area contributed by atoms with Gasteiger partial charge in [-0.05, 0) is 37.3 Å². The summed E-state index contributed by atoms with van der Waals surface area (Å²) in [5.74, 6) is 5.69. The van der Waals surface area contributed by atoms with Gasteiger partial charge in [0.1, 0.15) is 0 Å². The fourth-order valence-corrected chi connectivity index (χ4v) is 2.45. The van der Waals surface area contributed by atoms with Crippen LogP contribution in [0.2, 0.25) is 0 Å². The van der Waals surface area contributed by atoms with Crippen LogP contribution in [-0.4, -0.2) is 9.78 Å². The summed E-state index contributed by atoms with van der Waals surface area (Å²) in [5.41, 5.74) is 5.32. The first kappa shape index (κ1) is 12.3. The van der Waals surface area contributed by atoms with Crippen LogP contribution in [0.25, 0.3) is 0 Å². The van der Waals surface area contributed by atoms with Crippen molar-refractivity contribution in [1.29, 1.82) is 0 Å². The number of nitrogens with two attached hydrogens (primary N) is 1. The van der Waals surface area contributed by atoms with Crippen molar-refractivity contribution in [3.63, 3.8) is 0 Å². The third-order valence-electron chi connectivity index (χ3n) is 3.39. The molecule has 0 spiro atoms. The first-order valence-electron chi connectivity index (χ1n) is 6.46. The Morgan fingerprint density at radius 1 is 1.35 bits per heavy atom. The van der Waals surface area contributed by atoms with Gasteiger partial charge in [0.2, 0.25) is 0 Å². The molecule has 4 heteroatoms. The summed E-state index contributed by atoms with van der Waals surface area (Å²) in [5, 5.41) is 4.44. The van der Waals surface area contributed by atoms with Crippen molar-refractivity contribution in [1.82, 2.24) is 15.2 Å². The van der Waals surface area contributed by atoms with Crippen molar-refractivity contribution in [2.24, 2.45) is 12.9 Å². The molecule has 0 fully saturated rings. The average molecular weight is 234 g/mol. The molecule has 1 aromatic heterocycles.